The molecule has 2 aromatic heterocycles. The van der Waals surface area contributed by atoms with Gasteiger partial charge in [-0.3, -0.25) is 17.7 Å². The average Bonchev–Trinajstić information content (AvgIpc) is 4.02. The fourth-order valence-electron chi connectivity index (χ4n) is 13.3. The van der Waals surface area contributed by atoms with E-state index >= 15 is 0 Å². The number of nitrogens with zero attached hydrogens (tertiary/aromatic N) is 3. The summed E-state index contributed by atoms with van der Waals surface area (Å²) in [6.07, 6.45) is 2.24. The van der Waals surface area contributed by atoms with E-state index in [9.17, 15) is 0 Å². The molecule has 0 amide bonds. The molecule has 392 valence electrons. The number of hydrogen-bond acceptors (Lipinski definition) is 3. The molecule has 0 bridgehead atoms. The second-order valence-corrected chi connectivity index (χ2v) is 27.4. The van der Waals surface area contributed by atoms with Crippen molar-refractivity contribution >= 4 is 199 Å². The van der Waals surface area contributed by atoms with Crippen LogP contribution in [0.5, 0.6) is 0 Å². The first-order chi connectivity index (χ1) is 37.5. The van der Waals surface area contributed by atoms with Gasteiger partial charge in [-0.1, -0.05) is 203 Å². The van der Waals surface area contributed by atoms with Gasteiger partial charge in [0.05, 0.1) is 0 Å². The van der Waals surface area contributed by atoms with Gasteiger partial charge in [0.1, 0.15) is 17.9 Å². The first-order valence-corrected chi connectivity index (χ1v) is 28.5. The molecule has 0 spiro atoms. The van der Waals surface area contributed by atoms with Gasteiger partial charge >= 0.3 is 97.8 Å². The van der Waals surface area contributed by atoms with Crippen LogP contribution >= 0.6 is 0 Å². The van der Waals surface area contributed by atoms with Gasteiger partial charge in [0.15, 0.2) is 0 Å². The summed E-state index contributed by atoms with van der Waals surface area (Å²) in [5.74, 6) is 0. The van der Waals surface area contributed by atoms with Gasteiger partial charge in [0, 0.05) is 38.9 Å². The maximum atomic E-state index is 6.62. The normalized spacial score (nSPS) is 15.3. The Hall–Kier alpha value is -4.61. The van der Waals surface area contributed by atoms with Crippen LogP contribution in [0.25, 0.3) is 60.6 Å². The summed E-state index contributed by atoms with van der Waals surface area (Å²) in [6, 6.07) is 72.8. The van der Waals surface area contributed by atoms with E-state index in [1.165, 1.54) is 66.3 Å². The largest absolute Gasteiger partial charge is 2.00 e. The summed E-state index contributed by atoms with van der Waals surface area (Å²) >= 11 is 0. The Balaban J connectivity index is 0.00000326. The summed E-state index contributed by atoms with van der Waals surface area (Å²) in [6.45, 7) is 30.4. The smallest absolute Gasteiger partial charge is 0.455 e. The number of anilines is 6. The van der Waals surface area contributed by atoms with Crippen molar-refractivity contribution < 1.29 is 4.42 Å². The van der Waals surface area contributed by atoms with Crippen molar-refractivity contribution in [2.24, 2.45) is 0 Å². The van der Waals surface area contributed by atoms with Crippen LogP contribution in [0.4, 0.5) is 34.1 Å². The van der Waals surface area contributed by atoms with Crippen LogP contribution in [-0.4, -0.2) is 109 Å². The van der Waals surface area contributed by atoms with Crippen LogP contribution in [0.2, 0.25) is 0 Å². The molecule has 7 heteroatoms. The molecule has 0 N–H and O–H groups in total. The van der Waals surface area contributed by atoms with Gasteiger partial charge in [0.25, 0.3) is 0 Å². The Morgan fingerprint density at radius 1 is 0.519 bits per heavy atom. The molecule has 0 saturated carbocycles. The monoisotopic (exact) mass is 1300 g/mol. The topological polar surface area (TPSA) is 24.6 Å². The summed E-state index contributed by atoms with van der Waals surface area (Å²) in [5.41, 5.74) is 23.5. The van der Waals surface area contributed by atoms with Gasteiger partial charge in [-0.05, 0) is 105 Å². The molecule has 2 aliphatic heterocycles. The van der Waals surface area contributed by atoms with Gasteiger partial charge in [-0.25, -0.2) is 5.69 Å². The van der Waals surface area contributed by atoms with Crippen LogP contribution in [0, 0.1) is 24.3 Å². The van der Waals surface area contributed by atoms with Crippen LogP contribution in [0.1, 0.15) is 131 Å². The zero-order valence-corrected chi connectivity index (χ0v) is 58.5. The molecule has 4 heterocycles. The van der Waals surface area contributed by atoms with E-state index in [1.54, 1.807) is 0 Å². The fraction of sp³-hybridized carbons (Fsp3) is 0.270. The Bertz CT molecular complexity index is 4320. The summed E-state index contributed by atoms with van der Waals surface area (Å²) < 4.78 is 9.05. The molecule has 0 fully saturated rings. The van der Waals surface area contributed by atoms with Gasteiger partial charge in [-0.15, -0.1) is 28.4 Å². The van der Waals surface area contributed by atoms with Gasteiger partial charge in [-0.2, -0.15) is 23.2 Å². The van der Waals surface area contributed by atoms with Crippen LogP contribution in [-0.2, 0) is 27.1 Å². The molecule has 0 saturated heterocycles. The molecule has 0 radical (unpaired) electrons. The Labute approximate surface area is 560 Å². The zero-order chi connectivity index (χ0) is 54.9. The Kier molecular flexibility index (Phi) is 14.0. The van der Waals surface area contributed by atoms with Crippen LogP contribution in [0.3, 0.4) is 0 Å². The minimum absolute atomic E-state index is 0. The molecular weight excluding hydrogens is 1230 g/mol. The minimum atomic E-state index is -0.252. The van der Waals surface area contributed by atoms with E-state index in [1.807, 2.05) is 6.07 Å². The third-order valence-electron chi connectivity index (χ3n) is 18.1. The molecule has 3 aliphatic rings. The van der Waals surface area contributed by atoms with Gasteiger partial charge < -0.3 is 30.9 Å². The molecule has 14 rings (SSSR count). The molecule has 1 aliphatic carbocycles. The summed E-state index contributed by atoms with van der Waals surface area (Å²) in [5, 5.41) is 4.69. The standard InChI is InChI=1S/C74H68BN3O.2Ba/c1-70(2,3)46-28-33-51(34-29-46)78-64-44-62-56(55-38-47(71(4,5)6)30-35-61(55)76(62)49-20-15-14-16-21-49)41-59(64)75-60-42-57-58(74(12,13)37-36-73(57,10)11)43-63(60)77(65-39-48(72(7,8)9)40-66(78)68(65)75)50-31-26-45(27-32-50)52-23-19-24-54-53-22-17-18-25-67(53)79-69(52)54;;/h14-32,35,38-39,41-43H,36-37H2,1-13H3;;/q-4;2*+2. The van der Waals surface area contributed by atoms with Crippen molar-refractivity contribution in [3.05, 3.63) is 204 Å². The number of para-hydroxylation sites is 3. The van der Waals surface area contributed by atoms with E-state index in [0.717, 1.165) is 85.4 Å². The molecule has 0 unspecified atom stereocenters. The fourth-order valence-corrected chi connectivity index (χ4v) is 13.3. The van der Waals surface area contributed by atoms with Gasteiger partial charge in [0.2, 0.25) is 0 Å². The van der Waals surface area contributed by atoms with E-state index in [4.69, 9.17) is 4.42 Å². The molecule has 0 atom stereocenters. The first kappa shape index (κ1) is 56.8. The zero-order valence-electron chi connectivity index (χ0n) is 49.6. The molecular formula is C74H68BBa2N3O. The van der Waals surface area contributed by atoms with E-state index < -0.39 is 0 Å². The number of rotatable bonds is 4. The average molecular weight is 1300 g/mol. The van der Waals surface area contributed by atoms with Crippen molar-refractivity contribution in [1.29, 1.82) is 0 Å². The minimum Gasteiger partial charge on any atom is -0.455 e. The molecule has 11 aromatic rings. The maximum Gasteiger partial charge on any atom is 2.00 e. The first-order valence-electron chi connectivity index (χ1n) is 28.5. The van der Waals surface area contributed by atoms with Crippen molar-refractivity contribution in [3.63, 3.8) is 0 Å². The predicted molar refractivity (Wildman–Crippen MR) is 346 cm³/mol. The number of furan rings is 1. The third kappa shape index (κ3) is 9.17. The third-order valence-corrected chi connectivity index (χ3v) is 18.1. The molecule has 81 heavy (non-hydrogen) atoms. The summed E-state index contributed by atoms with van der Waals surface area (Å²) in [4.78, 5) is 5.00. The molecule has 9 aromatic carbocycles. The number of benzene rings is 9. The van der Waals surface area contributed by atoms with Crippen molar-refractivity contribution in [2.75, 3.05) is 9.80 Å². The predicted octanol–water partition coefficient (Wildman–Crippen LogP) is 17.1. The maximum absolute atomic E-state index is 6.62. The van der Waals surface area contributed by atoms with Crippen molar-refractivity contribution in [1.82, 2.24) is 4.57 Å². The van der Waals surface area contributed by atoms with Crippen molar-refractivity contribution in [3.8, 4) is 16.8 Å². The van der Waals surface area contributed by atoms with E-state index in [-0.39, 0.29) is 132 Å². The van der Waals surface area contributed by atoms with Crippen LogP contribution < -0.4 is 26.2 Å². The quantitative estimate of drug-likeness (QED) is 0.130. The number of fused-ring (bicyclic) bond motifs is 11. The molecule has 4 nitrogen and oxygen atoms in total. The van der Waals surface area contributed by atoms with Crippen molar-refractivity contribution in [2.45, 2.75) is 130 Å². The number of aromatic nitrogens is 1. The number of hydrogen-bond donors (Lipinski definition) is 0. The van der Waals surface area contributed by atoms with Crippen LogP contribution in [0.15, 0.2) is 156 Å². The Morgan fingerprint density at radius 3 is 1.85 bits per heavy atom. The Morgan fingerprint density at radius 2 is 1.17 bits per heavy atom. The summed E-state index contributed by atoms with van der Waals surface area (Å²) in [7, 11) is 0. The second kappa shape index (κ2) is 20.0. The van der Waals surface area contributed by atoms with E-state index in [0.29, 0.717) is 0 Å². The second-order valence-electron chi connectivity index (χ2n) is 27.4. The SMILES string of the molecule is CC(C)(C)c1[c-]c2c3c(c1)N(c1ccc(-c4cccc5c4oc4ccccc45)cc1)c1cc4c(cc1B3c1cc3c5cc(C(C)(C)C)ccc5n(-c5ccccc5)c3[c-]c1N2c1[c-]cc(C(C)(C)C)c[c-]1)C(C)(C)CCC4(C)C.[Ba+2].[Ba+2]. The van der Waals surface area contributed by atoms with E-state index in [2.05, 4.69) is 274 Å².